The molecule has 1 N–H and O–H groups in total. The van der Waals surface area contributed by atoms with Gasteiger partial charge in [-0.2, -0.15) is 0 Å². The van der Waals surface area contributed by atoms with Crippen molar-refractivity contribution in [3.05, 3.63) is 47.0 Å². The first kappa shape index (κ1) is 14.4. The molecular weight excluding hydrogens is 254 g/mol. The third-order valence-corrected chi connectivity index (χ3v) is 3.83. The van der Waals surface area contributed by atoms with Gasteiger partial charge in [0.25, 0.3) is 0 Å². The summed E-state index contributed by atoms with van der Waals surface area (Å²) < 4.78 is 0. The molecule has 1 unspecified atom stereocenters. The highest BCUT2D eigenvalue weighted by molar-refractivity contribution is 6.35. The number of hydrogen-bond acceptors (Lipinski definition) is 1. The highest BCUT2D eigenvalue weighted by Gasteiger charge is 2.13. The van der Waals surface area contributed by atoms with Gasteiger partial charge in [0.05, 0.1) is 0 Å². The molecule has 0 saturated carbocycles. The van der Waals surface area contributed by atoms with Crippen LogP contribution in [0.25, 0.3) is 10.8 Å². The van der Waals surface area contributed by atoms with Crippen LogP contribution in [0.2, 0.25) is 5.02 Å². The maximum Gasteiger partial charge on any atom is 0.0484 e. The molecule has 0 bridgehead atoms. The minimum Gasteiger partial charge on any atom is -0.310 e. The van der Waals surface area contributed by atoms with E-state index in [0.717, 1.165) is 29.8 Å². The summed E-state index contributed by atoms with van der Waals surface area (Å²) in [6.07, 6.45) is 3.50. The van der Waals surface area contributed by atoms with Gasteiger partial charge >= 0.3 is 0 Å². The van der Waals surface area contributed by atoms with Gasteiger partial charge in [-0.15, -0.1) is 0 Å². The third kappa shape index (κ3) is 3.29. The molecule has 0 aliphatic heterocycles. The van der Waals surface area contributed by atoms with Crippen molar-refractivity contribution >= 4 is 22.4 Å². The summed E-state index contributed by atoms with van der Waals surface area (Å²) in [5.74, 6) is 0. The normalized spacial score (nSPS) is 12.8. The molecule has 1 atom stereocenters. The Morgan fingerprint density at radius 3 is 2.42 bits per heavy atom. The molecule has 0 radical (unpaired) electrons. The standard InChI is InChI=1S/C17H22ClN/c1-3-7-17(19-12-4-2)15-10-11-16(18)14-9-6-5-8-13(14)15/h5-6,8-11,17,19H,3-4,7,12H2,1-2H3. The van der Waals surface area contributed by atoms with Crippen LogP contribution in [0.15, 0.2) is 36.4 Å². The summed E-state index contributed by atoms with van der Waals surface area (Å²) in [5, 5.41) is 6.92. The summed E-state index contributed by atoms with van der Waals surface area (Å²) in [6.45, 7) is 5.50. The molecule has 0 heterocycles. The van der Waals surface area contributed by atoms with Crippen molar-refractivity contribution in [2.24, 2.45) is 0 Å². The number of nitrogens with one attached hydrogen (secondary N) is 1. The monoisotopic (exact) mass is 275 g/mol. The van der Waals surface area contributed by atoms with Crippen molar-refractivity contribution in [1.82, 2.24) is 5.32 Å². The second-order valence-electron chi connectivity index (χ2n) is 4.98. The van der Waals surface area contributed by atoms with E-state index in [9.17, 15) is 0 Å². The van der Waals surface area contributed by atoms with Crippen molar-refractivity contribution < 1.29 is 0 Å². The smallest absolute Gasteiger partial charge is 0.0484 e. The number of rotatable bonds is 6. The van der Waals surface area contributed by atoms with Crippen LogP contribution in [-0.4, -0.2) is 6.54 Å². The van der Waals surface area contributed by atoms with Crippen LogP contribution >= 0.6 is 11.6 Å². The van der Waals surface area contributed by atoms with Crippen molar-refractivity contribution in [2.75, 3.05) is 6.54 Å². The van der Waals surface area contributed by atoms with E-state index in [1.54, 1.807) is 0 Å². The average molecular weight is 276 g/mol. The third-order valence-electron chi connectivity index (χ3n) is 3.50. The van der Waals surface area contributed by atoms with E-state index in [1.807, 2.05) is 12.1 Å². The molecule has 0 aliphatic carbocycles. The summed E-state index contributed by atoms with van der Waals surface area (Å²) in [7, 11) is 0. The maximum atomic E-state index is 6.29. The number of fused-ring (bicyclic) bond motifs is 1. The van der Waals surface area contributed by atoms with Gasteiger partial charge in [0, 0.05) is 16.5 Å². The van der Waals surface area contributed by atoms with Crippen LogP contribution < -0.4 is 5.32 Å². The summed E-state index contributed by atoms with van der Waals surface area (Å²) in [4.78, 5) is 0. The van der Waals surface area contributed by atoms with Crippen LogP contribution in [0.1, 0.15) is 44.7 Å². The van der Waals surface area contributed by atoms with Gasteiger partial charge in [-0.1, -0.05) is 62.2 Å². The minimum atomic E-state index is 0.423. The summed E-state index contributed by atoms with van der Waals surface area (Å²) >= 11 is 6.29. The predicted octanol–water partition coefficient (Wildman–Crippen LogP) is 5.33. The number of hydrogen-bond donors (Lipinski definition) is 1. The van der Waals surface area contributed by atoms with Gasteiger partial charge in [0.1, 0.15) is 0 Å². The Labute approximate surface area is 121 Å². The second kappa shape index (κ2) is 6.93. The van der Waals surface area contributed by atoms with Gasteiger partial charge in [-0.3, -0.25) is 0 Å². The lowest BCUT2D eigenvalue weighted by Gasteiger charge is -2.20. The Bertz CT molecular complexity index is 536. The molecule has 0 amide bonds. The molecule has 0 fully saturated rings. The van der Waals surface area contributed by atoms with E-state index in [0.29, 0.717) is 6.04 Å². The zero-order valence-corrected chi connectivity index (χ0v) is 12.5. The van der Waals surface area contributed by atoms with Crippen molar-refractivity contribution in [2.45, 2.75) is 39.2 Å². The molecule has 102 valence electrons. The highest BCUT2D eigenvalue weighted by Crippen LogP contribution is 2.31. The van der Waals surface area contributed by atoms with Crippen LogP contribution in [0, 0.1) is 0 Å². The molecule has 0 saturated heterocycles. The summed E-state index contributed by atoms with van der Waals surface area (Å²) in [6, 6.07) is 13.0. The van der Waals surface area contributed by atoms with E-state index >= 15 is 0 Å². The van der Waals surface area contributed by atoms with Crippen molar-refractivity contribution in [3.63, 3.8) is 0 Å². The van der Waals surface area contributed by atoms with Gasteiger partial charge in [0.2, 0.25) is 0 Å². The lowest BCUT2D eigenvalue weighted by molar-refractivity contribution is 0.497. The number of halogens is 1. The van der Waals surface area contributed by atoms with Gasteiger partial charge in [-0.25, -0.2) is 0 Å². The molecule has 2 aromatic carbocycles. The van der Waals surface area contributed by atoms with E-state index in [4.69, 9.17) is 11.6 Å². The Balaban J connectivity index is 2.44. The molecule has 1 nitrogen and oxygen atoms in total. The van der Waals surface area contributed by atoms with Crippen LogP contribution in [0.4, 0.5) is 0 Å². The summed E-state index contributed by atoms with van der Waals surface area (Å²) in [5.41, 5.74) is 1.37. The number of benzene rings is 2. The average Bonchev–Trinajstić information content (AvgIpc) is 2.45. The lowest BCUT2D eigenvalue weighted by Crippen LogP contribution is -2.22. The van der Waals surface area contributed by atoms with E-state index in [-0.39, 0.29) is 0 Å². The first-order valence-electron chi connectivity index (χ1n) is 7.18. The molecular formula is C17H22ClN. The first-order chi connectivity index (χ1) is 9.27. The van der Waals surface area contributed by atoms with Crippen molar-refractivity contribution in [1.29, 1.82) is 0 Å². The van der Waals surface area contributed by atoms with Crippen LogP contribution in [0.5, 0.6) is 0 Å². The fourth-order valence-corrected chi connectivity index (χ4v) is 2.79. The lowest BCUT2D eigenvalue weighted by atomic mass is 9.96. The van der Waals surface area contributed by atoms with Gasteiger partial charge in [0.15, 0.2) is 0 Å². The Kier molecular flexibility index (Phi) is 5.24. The zero-order valence-electron chi connectivity index (χ0n) is 11.7. The fourth-order valence-electron chi connectivity index (χ4n) is 2.56. The van der Waals surface area contributed by atoms with E-state index < -0.39 is 0 Å². The molecule has 19 heavy (non-hydrogen) atoms. The topological polar surface area (TPSA) is 12.0 Å². The molecule has 2 rings (SSSR count). The molecule has 0 aromatic heterocycles. The molecule has 2 aromatic rings. The molecule has 0 aliphatic rings. The first-order valence-corrected chi connectivity index (χ1v) is 7.56. The predicted molar refractivity (Wildman–Crippen MR) is 84.9 cm³/mol. The largest absolute Gasteiger partial charge is 0.310 e. The Morgan fingerprint density at radius 2 is 1.74 bits per heavy atom. The Morgan fingerprint density at radius 1 is 1.00 bits per heavy atom. The van der Waals surface area contributed by atoms with Gasteiger partial charge < -0.3 is 5.32 Å². The second-order valence-corrected chi connectivity index (χ2v) is 5.38. The van der Waals surface area contributed by atoms with E-state index in [2.05, 4.69) is 43.4 Å². The molecule has 2 heteroatoms. The highest BCUT2D eigenvalue weighted by atomic mass is 35.5. The SMILES string of the molecule is CCCNC(CCC)c1ccc(Cl)c2ccccc12. The maximum absolute atomic E-state index is 6.29. The fraction of sp³-hybridized carbons (Fsp3) is 0.412. The molecule has 0 spiro atoms. The zero-order chi connectivity index (χ0) is 13.7. The van der Waals surface area contributed by atoms with Crippen LogP contribution in [-0.2, 0) is 0 Å². The Hall–Kier alpha value is -1.05. The quantitative estimate of drug-likeness (QED) is 0.751. The minimum absolute atomic E-state index is 0.423. The van der Waals surface area contributed by atoms with Crippen LogP contribution in [0.3, 0.4) is 0 Å². The van der Waals surface area contributed by atoms with Gasteiger partial charge in [-0.05, 0) is 36.4 Å². The van der Waals surface area contributed by atoms with E-state index in [1.165, 1.54) is 17.4 Å². The van der Waals surface area contributed by atoms with Crippen molar-refractivity contribution in [3.8, 4) is 0 Å².